The molecule has 0 spiro atoms. The van der Waals surface area contributed by atoms with Crippen LogP contribution in [0.25, 0.3) is 0 Å². The first-order chi connectivity index (χ1) is 6.60. The largest absolute Gasteiger partial charge is 0.396 e. The fourth-order valence-corrected chi connectivity index (χ4v) is 1.29. The maximum absolute atomic E-state index is 13.2. The molecule has 1 N–H and O–H groups in total. The number of aliphatic hydroxyl groups is 1. The lowest BCUT2D eigenvalue weighted by Gasteiger charge is -2.15. The van der Waals surface area contributed by atoms with E-state index in [9.17, 15) is 8.78 Å². The van der Waals surface area contributed by atoms with Gasteiger partial charge in [-0.15, -0.1) is 0 Å². The van der Waals surface area contributed by atoms with Gasteiger partial charge in [-0.05, 0) is 18.1 Å². The van der Waals surface area contributed by atoms with Crippen LogP contribution in [-0.2, 0) is 12.3 Å². The van der Waals surface area contributed by atoms with Crippen LogP contribution in [0.15, 0.2) is 24.3 Å². The number of benzene rings is 1. The smallest absolute Gasteiger partial charge is 0.273 e. The Kier molecular flexibility index (Phi) is 3.58. The number of aliphatic hydroxyl groups excluding tert-OH is 1. The Morgan fingerprint density at radius 2 is 2.07 bits per heavy atom. The minimum absolute atomic E-state index is 0.0127. The third kappa shape index (κ3) is 2.51. The second-order valence-electron chi connectivity index (χ2n) is 3.23. The summed E-state index contributed by atoms with van der Waals surface area (Å²) in [6, 6.07) is 6.22. The van der Waals surface area contributed by atoms with E-state index >= 15 is 0 Å². The van der Waals surface area contributed by atoms with Crippen molar-refractivity contribution in [1.82, 2.24) is 0 Å². The Balaban J connectivity index is 2.93. The van der Waals surface area contributed by atoms with Crippen molar-refractivity contribution in [2.75, 3.05) is 6.61 Å². The van der Waals surface area contributed by atoms with Crippen molar-refractivity contribution in [3.8, 4) is 0 Å². The molecule has 1 aromatic rings. The quantitative estimate of drug-likeness (QED) is 0.792. The minimum atomic E-state index is -2.76. The molecule has 0 aliphatic rings. The highest BCUT2D eigenvalue weighted by atomic mass is 19.3. The predicted molar refractivity (Wildman–Crippen MR) is 51.4 cm³/mol. The van der Waals surface area contributed by atoms with Crippen LogP contribution in [0.3, 0.4) is 0 Å². The van der Waals surface area contributed by atoms with Crippen LogP contribution >= 0.6 is 0 Å². The van der Waals surface area contributed by atoms with Crippen molar-refractivity contribution in [2.24, 2.45) is 0 Å². The van der Waals surface area contributed by atoms with E-state index in [1.807, 2.05) is 0 Å². The zero-order valence-corrected chi connectivity index (χ0v) is 8.13. The summed E-state index contributed by atoms with van der Waals surface area (Å²) in [6.07, 6.45) is 0.225. The topological polar surface area (TPSA) is 20.2 Å². The molecule has 1 rings (SSSR count). The number of alkyl halides is 2. The van der Waals surface area contributed by atoms with Gasteiger partial charge in [0.15, 0.2) is 0 Å². The lowest BCUT2D eigenvalue weighted by Crippen LogP contribution is -2.11. The van der Waals surface area contributed by atoms with Crippen molar-refractivity contribution >= 4 is 0 Å². The monoisotopic (exact) mass is 200 g/mol. The van der Waals surface area contributed by atoms with E-state index in [1.165, 1.54) is 19.1 Å². The Bertz CT molecular complexity index is 297. The number of rotatable bonds is 4. The molecule has 3 heteroatoms. The first kappa shape index (κ1) is 11.1. The Hall–Kier alpha value is -0.960. The van der Waals surface area contributed by atoms with Gasteiger partial charge in [-0.2, -0.15) is 0 Å². The van der Waals surface area contributed by atoms with Gasteiger partial charge in [0.05, 0.1) is 0 Å². The summed E-state index contributed by atoms with van der Waals surface area (Å²) < 4.78 is 26.5. The molecule has 0 atom stereocenters. The lowest BCUT2D eigenvalue weighted by molar-refractivity contribution is -0.00837. The highest BCUT2D eigenvalue weighted by Crippen LogP contribution is 2.31. The molecule has 0 bridgehead atoms. The predicted octanol–water partition coefficient (Wildman–Crippen LogP) is 2.72. The van der Waals surface area contributed by atoms with Crippen LogP contribution in [0.2, 0.25) is 0 Å². The van der Waals surface area contributed by atoms with Crippen LogP contribution in [0.1, 0.15) is 24.5 Å². The first-order valence-corrected chi connectivity index (χ1v) is 4.68. The Labute approximate surface area is 82.4 Å². The van der Waals surface area contributed by atoms with Gasteiger partial charge in [-0.3, -0.25) is 0 Å². The molecule has 0 heterocycles. The summed E-state index contributed by atoms with van der Waals surface area (Å²) in [7, 11) is 0. The summed E-state index contributed by atoms with van der Waals surface area (Å²) in [5.41, 5.74) is 0.782. The van der Waals surface area contributed by atoms with E-state index < -0.39 is 5.92 Å². The average Bonchev–Trinajstić information content (AvgIpc) is 2.19. The Morgan fingerprint density at radius 3 is 2.64 bits per heavy atom. The summed E-state index contributed by atoms with van der Waals surface area (Å²) in [5.74, 6) is -2.76. The van der Waals surface area contributed by atoms with Crippen LogP contribution in [0.4, 0.5) is 8.78 Å². The molecule has 1 aromatic carbocycles. The maximum atomic E-state index is 13.2. The highest BCUT2D eigenvalue weighted by Gasteiger charge is 2.28. The lowest BCUT2D eigenvalue weighted by atomic mass is 10.0. The zero-order valence-electron chi connectivity index (χ0n) is 8.13. The standard InChI is InChI=1S/C11H14F2O/c1-2-11(12,13)10-5-3-4-9(8-10)6-7-14/h3-5,8,14H,2,6-7H2,1H3. The molecular weight excluding hydrogens is 186 g/mol. The first-order valence-electron chi connectivity index (χ1n) is 4.68. The molecule has 0 aromatic heterocycles. The molecule has 0 unspecified atom stereocenters. The highest BCUT2D eigenvalue weighted by molar-refractivity contribution is 5.26. The number of hydrogen-bond donors (Lipinski definition) is 1. The van der Waals surface area contributed by atoms with E-state index in [4.69, 9.17) is 5.11 Å². The summed E-state index contributed by atoms with van der Waals surface area (Å²) in [6.45, 7) is 1.44. The van der Waals surface area contributed by atoms with Crippen LogP contribution in [0, 0.1) is 0 Å². The molecule has 1 nitrogen and oxygen atoms in total. The minimum Gasteiger partial charge on any atom is -0.396 e. The van der Waals surface area contributed by atoms with E-state index in [2.05, 4.69) is 0 Å². The van der Waals surface area contributed by atoms with Crippen molar-refractivity contribution in [1.29, 1.82) is 0 Å². The summed E-state index contributed by atoms with van der Waals surface area (Å²) in [4.78, 5) is 0. The van der Waals surface area contributed by atoms with E-state index in [1.54, 1.807) is 12.1 Å². The van der Waals surface area contributed by atoms with Gasteiger partial charge in [0.2, 0.25) is 0 Å². The van der Waals surface area contributed by atoms with Gasteiger partial charge < -0.3 is 5.11 Å². The summed E-state index contributed by atoms with van der Waals surface area (Å²) in [5, 5.41) is 8.68. The molecule has 0 aliphatic carbocycles. The van der Waals surface area contributed by atoms with Gasteiger partial charge in [0.1, 0.15) is 0 Å². The maximum Gasteiger partial charge on any atom is 0.273 e. The zero-order chi connectivity index (χ0) is 10.6. The molecule has 0 saturated carbocycles. The molecular formula is C11H14F2O. The van der Waals surface area contributed by atoms with Crippen LogP contribution < -0.4 is 0 Å². The molecule has 0 aliphatic heterocycles. The van der Waals surface area contributed by atoms with E-state index in [-0.39, 0.29) is 18.6 Å². The van der Waals surface area contributed by atoms with Gasteiger partial charge in [0, 0.05) is 18.6 Å². The molecule has 0 amide bonds. The third-order valence-corrected chi connectivity index (χ3v) is 2.19. The van der Waals surface area contributed by atoms with E-state index in [0.717, 1.165) is 5.56 Å². The SMILES string of the molecule is CCC(F)(F)c1cccc(CCO)c1. The second kappa shape index (κ2) is 4.51. The van der Waals surface area contributed by atoms with Crippen molar-refractivity contribution in [2.45, 2.75) is 25.7 Å². The average molecular weight is 200 g/mol. The molecule has 14 heavy (non-hydrogen) atoms. The molecule has 0 radical (unpaired) electrons. The fourth-order valence-electron chi connectivity index (χ4n) is 1.29. The molecule has 0 fully saturated rings. The van der Waals surface area contributed by atoms with Crippen molar-refractivity contribution < 1.29 is 13.9 Å². The van der Waals surface area contributed by atoms with Gasteiger partial charge in [0.25, 0.3) is 5.92 Å². The van der Waals surface area contributed by atoms with Gasteiger partial charge in [-0.1, -0.05) is 25.1 Å². The molecule has 78 valence electrons. The van der Waals surface area contributed by atoms with Crippen molar-refractivity contribution in [3.63, 3.8) is 0 Å². The normalized spacial score (nSPS) is 11.7. The van der Waals surface area contributed by atoms with Gasteiger partial charge >= 0.3 is 0 Å². The summed E-state index contributed by atoms with van der Waals surface area (Å²) >= 11 is 0. The van der Waals surface area contributed by atoms with E-state index in [0.29, 0.717) is 6.42 Å². The molecule has 0 saturated heterocycles. The second-order valence-corrected chi connectivity index (χ2v) is 3.23. The third-order valence-electron chi connectivity index (χ3n) is 2.19. The Morgan fingerprint density at radius 1 is 1.36 bits per heavy atom. The number of halogens is 2. The van der Waals surface area contributed by atoms with Crippen LogP contribution in [-0.4, -0.2) is 11.7 Å². The van der Waals surface area contributed by atoms with Crippen LogP contribution in [0.5, 0.6) is 0 Å². The number of hydrogen-bond acceptors (Lipinski definition) is 1. The fraction of sp³-hybridized carbons (Fsp3) is 0.455. The van der Waals surface area contributed by atoms with Crippen molar-refractivity contribution in [3.05, 3.63) is 35.4 Å². The van der Waals surface area contributed by atoms with Gasteiger partial charge in [-0.25, -0.2) is 8.78 Å².